The van der Waals surface area contributed by atoms with Crippen LogP contribution >= 0.6 is 11.6 Å². The SMILES string of the molecule is O=[N+]([O-])c1ccc(N2CC3CCC2C3)c(CCl)c1. The highest BCUT2D eigenvalue weighted by molar-refractivity contribution is 6.17. The van der Waals surface area contributed by atoms with E-state index in [1.807, 2.05) is 6.07 Å². The van der Waals surface area contributed by atoms with Crippen molar-refractivity contribution < 1.29 is 4.92 Å². The third-order valence-electron chi connectivity index (χ3n) is 4.14. The van der Waals surface area contributed by atoms with Crippen LogP contribution in [0.3, 0.4) is 0 Å². The molecule has 1 aromatic carbocycles. The normalized spacial score (nSPS) is 25.7. The lowest BCUT2D eigenvalue weighted by atomic mass is 10.1. The molecule has 18 heavy (non-hydrogen) atoms. The molecule has 1 aliphatic heterocycles. The molecule has 1 aliphatic carbocycles. The molecule has 0 N–H and O–H groups in total. The Labute approximate surface area is 111 Å². The number of alkyl halides is 1. The quantitative estimate of drug-likeness (QED) is 0.479. The highest BCUT2D eigenvalue weighted by atomic mass is 35.5. The predicted molar refractivity (Wildman–Crippen MR) is 71.1 cm³/mol. The first-order valence-corrected chi connectivity index (χ1v) is 6.82. The molecule has 5 heteroatoms. The number of nitro benzene ring substituents is 1. The fourth-order valence-electron chi connectivity index (χ4n) is 3.29. The van der Waals surface area contributed by atoms with E-state index in [9.17, 15) is 10.1 Å². The number of halogens is 1. The van der Waals surface area contributed by atoms with Crippen LogP contribution in [0.1, 0.15) is 24.8 Å². The molecule has 0 spiro atoms. The first-order chi connectivity index (χ1) is 8.69. The highest BCUT2D eigenvalue weighted by Gasteiger charge is 2.38. The van der Waals surface area contributed by atoms with Crippen molar-refractivity contribution >= 4 is 23.0 Å². The second-order valence-electron chi connectivity index (χ2n) is 5.19. The molecule has 1 heterocycles. The molecular formula is C13H15ClN2O2. The molecule has 2 aliphatic rings. The van der Waals surface area contributed by atoms with E-state index in [-0.39, 0.29) is 10.6 Å². The summed E-state index contributed by atoms with van der Waals surface area (Å²) in [6.45, 7) is 1.08. The molecule has 96 valence electrons. The number of anilines is 1. The van der Waals surface area contributed by atoms with Crippen LogP contribution < -0.4 is 4.90 Å². The van der Waals surface area contributed by atoms with Crippen molar-refractivity contribution in [2.24, 2.45) is 5.92 Å². The van der Waals surface area contributed by atoms with Gasteiger partial charge in [-0.2, -0.15) is 0 Å². The van der Waals surface area contributed by atoms with Gasteiger partial charge in [-0.1, -0.05) is 0 Å². The zero-order valence-corrected chi connectivity index (χ0v) is 10.8. The van der Waals surface area contributed by atoms with Crippen molar-refractivity contribution in [2.45, 2.75) is 31.2 Å². The lowest BCUT2D eigenvalue weighted by Gasteiger charge is -2.30. The zero-order chi connectivity index (χ0) is 12.7. The summed E-state index contributed by atoms with van der Waals surface area (Å²) >= 11 is 5.94. The Bertz CT molecular complexity index is 492. The largest absolute Gasteiger partial charge is 0.368 e. The maximum absolute atomic E-state index is 10.8. The molecule has 4 nitrogen and oxygen atoms in total. The van der Waals surface area contributed by atoms with Crippen molar-refractivity contribution in [3.63, 3.8) is 0 Å². The van der Waals surface area contributed by atoms with Gasteiger partial charge in [0, 0.05) is 36.3 Å². The molecule has 0 radical (unpaired) electrons. The van der Waals surface area contributed by atoms with Crippen LogP contribution in [0.4, 0.5) is 11.4 Å². The molecule has 0 aromatic heterocycles. The van der Waals surface area contributed by atoms with Crippen molar-refractivity contribution in [3.8, 4) is 0 Å². The van der Waals surface area contributed by atoms with Crippen molar-refractivity contribution in [1.29, 1.82) is 0 Å². The van der Waals surface area contributed by atoms with Gasteiger partial charge < -0.3 is 4.90 Å². The van der Waals surface area contributed by atoms with Gasteiger partial charge >= 0.3 is 0 Å². The summed E-state index contributed by atoms with van der Waals surface area (Å²) in [4.78, 5) is 12.8. The Morgan fingerprint density at radius 3 is 2.83 bits per heavy atom. The Morgan fingerprint density at radius 1 is 1.44 bits per heavy atom. The number of hydrogen-bond donors (Lipinski definition) is 0. The molecule has 2 bridgehead atoms. The summed E-state index contributed by atoms with van der Waals surface area (Å²) in [6, 6.07) is 5.65. The molecule has 1 saturated carbocycles. The maximum atomic E-state index is 10.8. The highest BCUT2D eigenvalue weighted by Crippen LogP contribution is 2.42. The second kappa shape index (κ2) is 4.43. The molecule has 2 fully saturated rings. The van der Waals surface area contributed by atoms with Gasteiger partial charge in [-0.25, -0.2) is 0 Å². The number of hydrogen-bond acceptors (Lipinski definition) is 3. The van der Waals surface area contributed by atoms with Gasteiger partial charge in [0.05, 0.1) is 4.92 Å². The van der Waals surface area contributed by atoms with Crippen molar-refractivity contribution in [2.75, 3.05) is 11.4 Å². The van der Waals surface area contributed by atoms with Gasteiger partial charge in [0.2, 0.25) is 0 Å². The minimum Gasteiger partial charge on any atom is -0.368 e. The summed E-state index contributed by atoms with van der Waals surface area (Å²) in [5.74, 6) is 1.12. The van der Waals surface area contributed by atoms with Crippen LogP contribution in [0.2, 0.25) is 0 Å². The van der Waals surface area contributed by atoms with Gasteiger partial charge in [0.1, 0.15) is 0 Å². The topological polar surface area (TPSA) is 46.4 Å². The van der Waals surface area contributed by atoms with Gasteiger partial charge in [0.15, 0.2) is 0 Å². The van der Waals surface area contributed by atoms with E-state index in [0.29, 0.717) is 11.9 Å². The van der Waals surface area contributed by atoms with E-state index in [1.54, 1.807) is 12.1 Å². The fraction of sp³-hybridized carbons (Fsp3) is 0.538. The van der Waals surface area contributed by atoms with Crippen molar-refractivity contribution in [1.82, 2.24) is 0 Å². The van der Waals surface area contributed by atoms with Crippen molar-refractivity contribution in [3.05, 3.63) is 33.9 Å². The summed E-state index contributed by atoms with van der Waals surface area (Å²) in [6.07, 6.45) is 3.83. The molecule has 2 unspecified atom stereocenters. The van der Waals surface area contributed by atoms with E-state index in [4.69, 9.17) is 11.6 Å². The molecule has 2 atom stereocenters. The van der Waals surface area contributed by atoms with Crippen LogP contribution in [0.5, 0.6) is 0 Å². The average molecular weight is 267 g/mol. The first-order valence-electron chi connectivity index (χ1n) is 6.29. The number of nitrogens with zero attached hydrogens (tertiary/aromatic N) is 2. The van der Waals surface area contributed by atoms with E-state index in [0.717, 1.165) is 23.7 Å². The van der Waals surface area contributed by atoms with E-state index >= 15 is 0 Å². The number of piperidine rings is 1. The molecular weight excluding hydrogens is 252 g/mol. The molecule has 3 rings (SSSR count). The third kappa shape index (κ3) is 1.85. The second-order valence-corrected chi connectivity index (χ2v) is 5.46. The van der Waals surface area contributed by atoms with Crippen LogP contribution in [-0.4, -0.2) is 17.5 Å². The molecule has 0 amide bonds. The number of nitro groups is 1. The summed E-state index contributed by atoms with van der Waals surface area (Å²) in [7, 11) is 0. The smallest absolute Gasteiger partial charge is 0.269 e. The van der Waals surface area contributed by atoms with Crippen LogP contribution in [-0.2, 0) is 5.88 Å². The molecule has 1 saturated heterocycles. The summed E-state index contributed by atoms with van der Waals surface area (Å²) in [5, 5.41) is 10.8. The fourth-order valence-corrected chi connectivity index (χ4v) is 3.51. The first kappa shape index (κ1) is 11.8. The zero-order valence-electron chi connectivity index (χ0n) is 10.0. The Balaban J connectivity index is 1.94. The summed E-state index contributed by atoms with van der Waals surface area (Å²) in [5.41, 5.74) is 2.08. The third-order valence-corrected chi connectivity index (χ3v) is 4.42. The maximum Gasteiger partial charge on any atom is 0.269 e. The standard InChI is InChI=1S/C13H15ClN2O2/c14-7-10-6-12(16(17)18)3-4-13(10)15-8-9-1-2-11(15)5-9/h3-4,6,9,11H,1-2,5,7-8H2. The van der Waals surface area contributed by atoms with Gasteiger partial charge in [-0.15, -0.1) is 11.6 Å². The minimum atomic E-state index is -0.365. The number of fused-ring (bicyclic) bond motifs is 2. The number of non-ortho nitro benzene ring substituents is 1. The van der Waals surface area contributed by atoms with Gasteiger partial charge in [0.25, 0.3) is 5.69 Å². The molecule has 1 aromatic rings. The lowest BCUT2D eigenvalue weighted by molar-refractivity contribution is -0.384. The lowest BCUT2D eigenvalue weighted by Crippen LogP contribution is -2.32. The minimum absolute atomic E-state index is 0.124. The Hall–Kier alpha value is -1.29. The average Bonchev–Trinajstić information content (AvgIpc) is 3.00. The number of benzene rings is 1. The van der Waals surface area contributed by atoms with E-state index in [2.05, 4.69) is 4.90 Å². The van der Waals surface area contributed by atoms with Crippen LogP contribution in [0.15, 0.2) is 18.2 Å². The Morgan fingerprint density at radius 2 is 2.28 bits per heavy atom. The Kier molecular flexibility index (Phi) is 2.90. The van der Waals surface area contributed by atoms with Gasteiger partial charge in [-0.05, 0) is 36.8 Å². The van der Waals surface area contributed by atoms with Gasteiger partial charge in [-0.3, -0.25) is 10.1 Å². The van der Waals surface area contributed by atoms with E-state index in [1.165, 1.54) is 19.3 Å². The van der Waals surface area contributed by atoms with Crippen LogP contribution in [0, 0.1) is 16.0 Å². The van der Waals surface area contributed by atoms with Crippen LogP contribution in [0.25, 0.3) is 0 Å². The number of rotatable bonds is 3. The summed E-state index contributed by atoms with van der Waals surface area (Å²) < 4.78 is 0. The predicted octanol–water partition coefficient (Wildman–Crippen LogP) is 3.32. The monoisotopic (exact) mass is 266 g/mol. The van der Waals surface area contributed by atoms with E-state index < -0.39 is 0 Å².